The van der Waals surface area contributed by atoms with Gasteiger partial charge in [-0.05, 0) is 146 Å². The molecule has 6 rings (SSSR count). The number of carbonyl (C=O) groups excluding carboxylic acids is 2. The topological polar surface area (TPSA) is 315 Å². The Bertz CT molecular complexity index is 2760. The second kappa shape index (κ2) is 25.7. The lowest BCUT2D eigenvalue weighted by atomic mass is 9.97. The van der Waals surface area contributed by atoms with Crippen LogP contribution in [-0.4, -0.2) is 188 Å². The number of hydrogen-bond donors (Lipinski definition) is 13. The molecule has 3 aromatic rings. The number of nitrogens with one attached hydrogen (secondary N) is 3. The number of aromatic amines is 3. The highest BCUT2D eigenvalue weighted by atomic mass is 16.4. The summed E-state index contributed by atoms with van der Waals surface area (Å²) >= 11 is 0. The fraction of sp³-hybridized carbons (Fsp3) is 0.544. The number of aromatic nitrogens is 3. The third-order valence-electron chi connectivity index (χ3n) is 15.6. The summed E-state index contributed by atoms with van der Waals surface area (Å²) in [6.07, 6.45) is -1.56. The number of aliphatic hydroxyl groups excluding tert-OH is 10. The molecule has 0 aliphatic carbocycles. The zero-order chi connectivity index (χ0) is 56.0. The average molecular weight is 1060 g/mol. The van der Waals surface area contributed by atoms with Crippen LogP contribution < -0.4 is 10.7 Å². The minimum absolute atomic E-state index is 0.0185. The van der Waals surface area contributed by atoms with Crippen molar-refractivity contribution in [2.75, 3.05) is 40.4 Å². The molecule has 3 aliphatic heterocycles. The lowest BCUT2D eigenvalue weighted by molar-refractivity contribution is -0.138. The van der Waals surface area contributed by atoms with Crippen molar-refractivity contribution >= 4 is 47.5 Å². The maximum Gasteiger partial charge on any atom is 0.222 e. The van der Waals surface area contributed by atoms with E-state index in [-0.39, 0.29) is 50.6 Å². The van der Waals surface area contributed by atoms with Gasteiger partial charge in [-0.15, -0.1) is 0 Å². The van der Waals surface area contributed by atoms with E-state index in [1.807, 2.05) is 26.0 Å². The monoisotopic (exact) mass is 1060 g/mol. The van der Waals surface area contributed by atoms with Gasteiger partial charge in [0.05, 0.1) is 36.0 Å². The Labute approximate surface area is 444 Å². The highest BCUT2D eigenvalue weighted by molar-refractivity contribution is 6.24. The number of allylic oxidation sites excluding steroid dienone is 4. The summed E-state index contributed by atoms with van der Waals surface area (Å²) < 4.78 is 0. The summed E-state index contributed by atoms with van der Waals surface area (Å²) in [5.41, 5.74) is 17.0. The van der Waals surface area contributed by atoms with Gasteiger partial charge in [-0.3, -0.25) is 9.59 Å². The molecule has 416 valence electrons. The van der Waals surface area contributed by atoms with Crippen LogP contribution in [0, 0.1) is 13.8 Å². The molecule has 8 unspecified atom stereocenters. The first-order valence-corrected chi connectivity index (χ1v) is 26.5. The number of H-pyrrole nitrogens is 3. The van der Waals surface area contributed by atoms with Crippen LogP contribution in [-0.2, 0) is 41.7 Å². The minimum atomic E-state index is -1.82. The van der Waals surface area contributed by atoms with Crippen LogP contribution >= 0.6 is 0 Å². The molecule has 8 atom stereocenters. The van der Waals surface area contributed by atoms with E-state index in [0.29, 0.717) is 30.7 Å². The van der Waals surface area contributed by atoms with Gasteiger partial charge in [-0.2, -0.15) is 0 Å². The summed E-state index contributed by atoms with van der Waals surface area (Å²) in [5.74, 6) is -0.679. The molecule has 13 N–H and O–H groups in total. The minimum Gasteiger partial charge on any atom is -0.394 e. The molecule has 3 aromatic heterocycles. The van der Waals surface area contributed by atoms with E-state index in [0.717, 1.165) is 113 Å². The fourth-order valence-corrected chi connectivity index (χ4v) is 10.7. The van der Waals surface area contributed by atoms with E-state index in [9.17, 15) is 60.7 Å². The second-order valence-corrected chi connectivity index (χ2v) is 20.4. The molecular weight excluding hydrogens is 975 g/mol. The van der Waals surface area contributed by atoms with E-state index in [1.54, 1.807) is 0 Å². The van der Waals surface area contributed by atoms with Crippen molar-refractivity contribution in [3.8, 4) is 0 Å². The smallest absolute Gasteiger partial charge is 0.222 e. The first-order valence-electron chi connectivity index (χ1n) is 26.5. The van der Waals surface area contributed by atoms with Gasteiger partial charge in [0.2, 0.25) is 11.8 Å². The molecule has 0 spiro atoms. The van der Waals surface area contributed by atoms with Crippen molar-refractivity contribution < 1.29 is 60.7 Å². The molecule has 76 heavy (non-hydrogen) atoms. The maximum absolute atomic E-state index is 13.7. The summed E-state index contributed by atoms with van der Waals surface area (Å²) in [7, 11) is 2.97. The molecule has 0 radical (unpaired) electrons. The molecule has 19 heteroatoms. The molecular formula is C57H81N7O12. The SMILES string of the molecule is CCc1c2[nH]c(c1C)Cc1[nH]c(c(CC)c1C)/C=C1N=C(/C=c3\[nH]/c(c(CC)c3CC)=C\C3=NC(=C\2)/C(C)=C3CCC(=O)N(C)CC(O)C(O)C(O)C(O)CO)C(CCC(=O)N(C)CC(O)C(O)C(O)C(O)CO)=C\1C. The van der Waals surface area contributed by atoms with Crippen LogP contribution in [0.4, 0.5) is 0 Å². The van der Waals surface area contributed by atoms with Gasteiger partial charge < -0.3 is 75.8 Å². The van der Waals surface area contributed by atoms with E-state index in [4.69, 9.17) is 9.98 Å². The van der Waals surface area contributed by atoms with Gasteiger partial charge in [0.25, 0.3) is 0 Å². The largest absolute Gasteiger partial charge is 0.394 e. The molecule has 19 nitrogen and oxygen atoms in total. The van der Waals surface area contributed by atoms with Gasteiger partial charge >= 0.3 is 0 Å². The summed E-state index contributed by atoms with van der Waals surface area (Å²) in [4.78, 5) is 51.8. The molecule has 0 saturated heterocycles. The molecule has 0 aromatic carbocycles. The Morgan fingerprint density at radius 1 is 0.526 bits per heavy atom. The Hall–Kier alpha value is -5.58. The number of hydrogen-bond acceptors (Lipinski definition) is 14. The lowest BCUT2D eigenvalue weighted by Crippen LogP contribution is -2.49. The third-order valence-corrected chi connectivity index (χ3v) is 15.6. The third kappa shape index (κ3) is 12.7. The normalized spacial score (nSPS) is 20.2. The van der Waals surface area contributed by atoms with E-state index < -0.39 is 62.0 Å². The molecule has 2 amide bonds. The zero-order valence-electron chi connectivity index (χ0n) is 45.7. The lowest BCUT2D eigenvalue weighted by Gasteiger charge is -2.28. The van der Waals surface area contributed by atoms with Crippen molar-refractivity contribution in [1.29, 1.82) is 0 Å². The van der Waals surface area contributed by atoms with Crippen LogP contribution in [0.25, 0.3) is 24.3 Å². The van der Waals surface area contributed by atoms with Crippen molar-refractivity contribution in [2.24, 2.45) is 9.98 Å². The predicted octanol–water partition coefficient (Wildman–Crippen LogP) is 0.976. The van der Waals surface area contributed by atoms with E-state index >= 15 is 0 Å². The van der Waals surface area contributed by atoms with E-state index in [2.05, 4.69) is 68.6 Å². The van der Waals surface area contributed by atoms with Crippen molar-refractivity contribution in [2.45, 2.75) is 162 Å². The van der Waals surface area contributed by atoms with Crippen LogP contribution in [0.15, 0.2) is 43.7 Å². The number of nitrogens with zero attached hydrogens (tertiary/aromatic N) is 4. The van der Waals surface area contributed by atoms with Gasteiger partial charge in [-0.25, -0.2) is 9.98 Å². The van der Waals surface area contributed by atoms with Crippen molar-refractivity contribution in [1.82, 2.24) is 24.8 Å². The molecule has 0 saturated carbocycles. The second-order valence-electron chi connectivity index (χ2n) is 20.4. The first kappa shape index (κ1) is 59.7. The number of carbonyl (C=O) groups is 2. The van der Waals surface area contributed by atoms with Crippen LogP contribution in [0.3, 0.4) is 0 Å². The van der Waals surface area contributed by atoms with Gasteiger partial charge in [0.1, 0.15) is 48.8 Å². The fourth-order valence-electron chi connectivity index (χ4n) is 10.7. The van der Waals surface area contributed by atoms with Gasteiger partial charge in [0.15, 0.2) is 0 Å². The predicted molar refractivity (Wildman–Crippen MR) is 293 cm³/mol. The Morgan fingerprint density at radius 2 is 0.868 bits per heavy atom. The summed E-state index contributed by atoms with van der Waals surface area (Å²) in [6.45, 7) is 14.4. The van der Waals surface area contributed by atoms with Crippen LogP contribution in [0.5, 0.6) is 0 Å². The zero-order valence-corrected chi connectivity index (χ0v) is 45.7. The number of fused-ring (bicyclic) bond motifs is 8. The quantitative estimate of drug-likeness (QED) is 0.0670. The van der Waals surface area contributed by atoms with Crippen LogP contribution in [0.1, 0.15) is 123 Å². The first-order chi connectivity index (χ1) is 36.0. The molecule has 3 aliphatic rings. The van der Waals surface area contributed by atoms with Gasteiger partial charge in [-0.1, -0.05) is 27.7 Å². The Kier molecular flexibility index (Phi) is 20.2. The maximum atomic E-state index is 13.7. The summed E-state index contributed by atoms with van der Waals surface area (Å²) in [5, 5.41) is 102. The van der Waals surface area contributed by atoms with Crippen molar-refractivity contribution in [3.63, 3.8) is 0 Å². The number of rotatable bonds is 22. The average Bonchev–Trinajstić information content (AvgIpc) is 4.16. The highest BCUT2D eigenvalue weighted by Gasteiger charge is 2.34. The number of aliphatic hydroxyl groups is 10. The number of amides is 2. The standard InChI is InChI=1S/C57H81N7O12/c1-11-32-28(5)38-19-39-29(6)33(12-2)43(59-39)21-41-31(8)37(16-18-53(72)64(10)25-49(68)55(74)57(76)51(70)27-66)47(61-41)23-45-35(14-4)34(13-3)44(62-45)22-46-36(30(7)40(60-46)20-42(32)58-38)15-17-52(71)63(9)24-48(67)54(73)56(75)50(69)26-65/h20-23,48-51,54-59,62,65-70,73-76H,11-19,24-27H2,1-10H3/b40-20-,41-21-,44-22-,45-23-. The Morgan fingerprint density at radius 3 is 1.20 bits per heavy atom. The molecule has 10 bridgehead atoms. The Balaban J connectivity index is 1.46. The summed E-state index contributed by atoms with van der Waals surface area (Å²) in [6, 6.07) is 0. The van der Waals surface area contributed by atoms with Gasteiger partial charge in [0, 0.05) is 79.9 Å². The number of aliphatic imine (C=N–C) groups is 2. The van der Waals surface area contributed by atoms with Crippen molar-refractivity contribution in [3.05, 3.63) is 101 Å². The van der Waals surface area contributed by atoms with Crippen LogP contribution in [0.2, 0.25) is 0 Å². The van der Waals surface area contributed by atoms with E-state index in [1.165, 1.54) is 23.9 Å². The molecule has 6 heterocycles. The highest BCUT2D eigenvalue weighted by Crippen LogP contribution is 2.35. The molecule has 0 fully saturated rings. The number of likely N-dealkylation sites (N-methyl/N-ethyl adjacent to an activating group) is 2.